The van der Waals surface area contributed by atoms with Crippen molar-refractivity contribution in [3.8, 4) is 0 Å². The van der Waals surface area contributed by atoms with Crippen molar-refractivity contribution in [1.82, 2.24) is 5.32 Å². The number of rotatable bonds is 5. The summed E-state index contributed by atoms with van der Waals surface area (Å²) in [6.45, 7) is 3.10. The zero-order valence-corrected chi connectivity index (χ0v) is 9.76. The van der Waals surface area contributed by atoms with Crippen LogP contribution in [-0.4, -0.2) is 25.2 Å². The first kappa shape index (κ1) is 12.5. The van der Waals surface area contributed by atoms with Crippen LogP contribution in [0, 0.1) is 0 Å². The van der Waals surface area contributed by atoms with E-state index >= 15 is 0 Å². The van der Waals surface area contributed by atoms with E-state index in [1.807, 2.05) is 6.92 Å². The Kier molecular flexibility index (Phi) is 6.41. The Morgan fingerprint density at radius 2 is 1.93 bits per heavy atom. The van der Waals surface area contributed by atoms with Gasteiger partial charge in [0.05, 0.1) is 13.0 Å². The monoisotopic (exact) mass is 213 g/mol. The molecule has 0 heterocycles. The number of hydrogen-bond donors (Lipinski definition) is 1. The third-order valence-corrected chi connectivity index (χ3v) is 2.92. The number of carbonyl (C=O) groups excluding carboxylic acids is 1. The Morgan fingerprint density at radius 1 is 1.27 bits per heavy atom. The van der Waals surface area contributed by atoms with E-state index in [0.717, 1.165) is 6.54 Å². The van der Waals surface area contributed by atoms with Crippen molar-refractivity contribution in [2.75, 3.05) is 13.2 Å². The van der Waals surface area contributed by atoms with Gasteiger partial charge in [0, 0.05) is 12.6 Å². The number of ether oxygens (including phenoxy) is 1. The molecule has 88 valence electrons. The smallest absolute Gasteiger partial charge is 0.307 e. The average molecular weight is 213 g/mol. The van der Waals surface area contributed by atoms with Crippen LogP contribution in [0.3, 0.4) is 0 Å². The second-order valence-corrected chi connectivity index (χ2v) is 4.20. The minimum atomic E-state index is -0.0846. The van der Waals surface area contributed by atoms with Gasteiger partial charge >= 0.3 is 5.97 Å². The van der Waals surface area contributed by atoms with Gasteiger partial charge in [-0.3, -0.25) is 4.79 Å². The van der Waals surface area contributed by atoms with Crippen molar-refractivity contribution in [1.29, 1.82) is 0 Å². The second-order valence-electron chi connectivity index (χ2n) is 4.20. The van der Waals surface area contributed by atoms with Crippen LogP contribution in [0.4, 0.5) is 0 Å². The SMILES string of the molecule is CCOC(=O)CCNC1CCCCCC1. The minimum Gasteiger partial charge on any atom is -0.466 e. The van der Waals surface area contributed by atoms with E-state index in [-0.39, 0.29) is 5.97 Å². The van der Waals surface area contributed by atoms with E-state index in [1.165, 1.54) is 38.5 Å². The first-order chi connectivity index (χ1) is 7.33. The third-order valence-electron chi connectivity index (χ3n) is 2.92. The van der Waals surface area contributed by atoms with Crippen molar-refractivity contribution in [3.63, 3.8) is 0 Å². The molecule has 1 aliphatic rings. The van der Waals surface area contributed by atoms with Gasteiger partial charge in [-0.2, -0.15) is 0 Å². The van der Waals surface area contributed by atoms with Crippen LogP contribution in [0.1, 0.15) is 51.9 Å². The Bertz CT molecular complexity index is 174. The molecule has 3 nitrogen and oxygen atoms in total. The molecule has 0 saturated heterocycles. The predicted octanol–water partition coefficient (Wildman–Crippen LogP) is 2.25. The van der Waals surface area contributed by atoms with Crippen molar-refractivity contribution in [2.24, 2.45) is 0 Å². The van der Waals surface area contributed by atoms with Crippen LogP contribution in [0.15, 0.2) is 0 Å². The lowest BCUT2D eigenvalue weighted by Crippen LogP contribution is -2.30. The summed E-state index contributed by atoms with van der Waals surface area (Å²) in [5.74, 6) is -0.0846. The Hall–Kier alpha value is -0.570. The van der Waals surface area contributed by atoms with Gasteiger partial charge in [-0.25, -0.2) is 0 Å². The van der Waals surface area contributed by atoms with Gasteiger partial charge in [-0.15, -0.1) is 0 Å². The zero-order valence-electron chi connectivity index (χ0n) is 9.76. The summed E-state index contributed by atoms with van der Waals surface area (Å²) in [6.07, 6.45) is 8.44. The van der Waals surface area contributed by atoms with Gasteiger partial charge in [-0.05, 0) is 19.8 Å². The lowest BCUT2D eigenvalue weighted by Gasteiger charge is -2.15. The molecule has 1 N–H and O–H groups in total. The lowest BCUT2D eigenvalue weighted by molar-refractivity contribution is -0.143. The van der Waals surface area contributed by atoms with E-state index in [0.29, 0.717) is 19.1 Å². The molecular formula is C12H23NO2. The van der Waals surface area contributed by atoms with Crippen LogP contribution in [0.2, 0.25) is 0 Å². The largest absolute Gasteiger partial charge is 0.466 e. The molecular weight excluding hydrogens is 190 g/mol. The van der Waals surface area contributed by atoms with Gasteiger partial charge in [0.25, 0.3) is 0 Å². The minimum absolute atomic E-state index is 0.0846. The molecule has 0 aromatic rings. The Labute approximate surface area is 92.6 Å². The fourth-order valence-electron chi connectivity index (χ4n) is 2.10. The van der Waals surface area contributed by atoms with Crippen LogP contribution >= 0.6 is 0 Å². The number of hydrogen-bond acceptors (Lipinski definition) is 3. The molecule has 1 rings (SSSR count). The maximum absolute atomic E-state index is 11.1. The van der Waals surface area contributed by atoms with Crippen LogP contribution in [0.25, 0.3) is 0 Å². The highest BCUT2D eigenvalue weighted by Gasteiger charge is 2.11. The van der Waals surface area contributed by atoms with E-state index in [2.05, 4.69) is 5.32 Å². The first-order valence-corrected chi connectivity index (χ1v) is 6.22. The van der Waals surface area contributed by atoms with E-state index in [4.69, 9.17) is 4.74 Å². The van der Waals surface area contributed by atoms with Crippen LogP contribution < -0.4 is 5.32 Å². The van der Waals surface area contributed by atoms with Gasteiger partial charge in [0.1, 0.15) is 0 Å². The second kappa shape index (κ2) is 7.69. The molecule has 0 amide bonds. The van der Waals surface area contributed by atoms with E-state index < -0.39 is 0 Å². The summed E-state index contributed by atoms with van der Waals surface area (Å²) >= 11 is 0. The number of esters is 1. The van der Waals surface area contributed by atoms with E-state index in [9.17, 15) is 4.79 Å². The molecule has 0 radical (unpaired) electrons. The molecule has 0 spiro atoms. The van der Waals surface area contributed by atoms with Gasteiger partial charge in [0.15, 0.2) is 0 Å². The molecule has 1 fully saturated rings. The Balaban J connectivity index is 2.05. The fraction of sp³-hybridized carbons (Fsp3) is 0.917. The van der Waals surface area contributed by atoms with Crippen LogP contribution in [-0.2, 0) is 9.53 Å². The number of carbonyl (C=O) groups is 1. The third kappa shape index (κ3) is 5.78. The van der Waals surface area contributed by atoms with Crippen LogP contribution in [0.5, 0.6) is 0 Å². The van der Waals surface area contributed by atoms with Gasteiger partial charge < -0.3 is 10.1 Å². The van der Waals surface area contributed by atoms with Crippen molar-refractivity contribution >= 4 is 5.97 Å². The average Bonchev–Trinajstić information content (AvgIpc) is 2.47. The van der Waals surface area contributed by atoms with Gasteiger partial charge in [0.2, 0.25) is 0 Å². The first-order valence-electron chi connectivity index (χ1n) is 6.22. The molecule has 1 saturated carbocycles. The molecule has 0 aromatic carbocycles. The fourth-order valence-corrected chi connectivity index (χ4v) is 2.10. The summed E-state index contributed by atoms with van der Waals surface area (Å²) in [4.78, 5) is 11.1. The van der Waals surface area contributed by atoms with Crippen molar-refractivity contribution < 1.29 is 9.53 Å². The van der Waals surface area contributed by atoms with E-state index in [1.54, 1.807) is 0 Å². The molecule has 0 atom stereocenters. The summed E-state index contributed by atoms with van der Waals surface area (Å²) < 4.78 is 4.88. The topological polar surface area (TPSA) is 38.3 Å². The standard InChI is InChI=1S/C12H23NO2/c1-2-15-12(14)9-10-13-11-7-5-3-4-6-8-11/h11,13H,2-10H2,1H3. The van der Waals surface area contributed by atoms with Crippen molar-refractivity contribution in [2.45, 2.75) is 57.9 Å². The molecule has 0 aliphatic heterocycles. The maximum atomic E-state index is 11.1. The molecule has 0 bridgehead atoms. The molecule has 3 heteroatoms. The summed E-state index contributed by atoms with van der Waals surface area (Å²) in [7, 11) is 0. The summed E-state index contributed by atoms with van der Waals surface area (Å²) in [5, 5.41) is 3.45. The Morgan fingerprint density at radius 3 is 2.53 bits per heavy atom. The summed E-state index contributed by atoms with van der Waals surface area (Å²) in [5.41, 5.74) is 0. The highest BCUT2D eigenvalue weighted by atomic mass is 16.5. The maximum Gasteiger partial charge on any atom is 0.307 e. The predicted molar refractivity (Wildman–Crippen MR) is 60.7 cm³/mol. The molecule has 0 unspecified atom stereocenters. The zero-order chi connectivity index (χ0) is 10.9. The highest BCUT2D eigenvalue weighted by molar-refractivity contribution is 5.69. The molecule has 1 aliphatic carbocycles. The summed E-state index contributed by atoms with van der Waals surface area (Å²) in [6, 6.07) is 0.627. The quantitative estimate of drug-likeness (QED) is 0.562. The number of nitrogens with one attached hydrogen (secondary N) is 1. The van der Waals surface area contributed by atoms with Crippen molar-refractivity contribution in [3.05, 3.63) is 0 Å². The lowest BCUT2D eigenvalue weighted by atomic mass is 10.1. The molecule has 0 aromatic heterocycles. The van der Waals surface area contributed by atoms with Gasteiger partial charge in [-0.1, -0.05) is 25.7 Å². The highest BCUT2D eigenvalue weighted by Crippen LogP contribution is 2.16. The normalized spacial score (nSPS) is 18.5. The molecule has 15 heavy (non-hydrogen) atoms.